The molecule has 0 aromatic heterocycles. The van der Waals surface area contributed by atoms with Gasteiger partial charge in [0.15, 0.2) is 4.38 Å². The third-order valence-corrected chi connectivity index (χ3v) is 2.80. The fourth-order valence-corrected chi connectivity index (χ4v) is 1.57. The fourth-order valence-electron chi connectivity index (χ4n) is 0.370. The first-order chi connectivity index (χ1) is 4.79. The molecule has 0 atom stereocenters. The highest BCUT2D eigenvalue weighted by Gasteiger charge is 2.05. The molecule has 0 radical (unpaired) electrons. The normalized spacial score (nSPS) is 7.60. The Hall–Kier alpha value is -0.650. The van der Waals surface area contributed by atoms with E-state index in [0.717, 1.165) is 4.58 Å². The second-order valence-corrected chi connectivity index (χ2v) is 3.06. The summed E-state index contributed by atoms with van der Waals surface area (Å²) in [5.74, 6) is 0. The standard InChI is InChI=1S/C5H6N3S2/c1-9-5(10-2)8(3-6)4-7/h1-2H3/q+1. The topological polar surface area (TPSA) is 50.6 Å². The summed E-state index contributed by atoms with van der Waals surface area (Å²) in [6.07, 6.45) is 7.15. The summed E-state index contributed by atoms with van der Waals surface area (Å²) in [7, 11) is 0. The summed E-state index contributed by atoms with van der Waals surface area (Å²) in [4.78, 5) is 0. The Morgan fingerprint density at radius 2 is 1.60 bits per heavy atom. The van der Waals surface area contributed by atoms with Crippen molar-refractivity contribution in [2.45, 2.75) is 0 Å². The van der Waals surface area contributed by atoms with Gasteiger partial charge in [-0.15, -0.1) is 0 Å². The molecule has 0 aromatic carbocycles. The molecular formula is C5H6N3S2+. The number of nitrogens with zero attached hydrogens (tertiary/aromatic N) is 3. The van der Waals surface area contributed by atoms with Crippen molar-refractivity contribution in [3.63, 3.8) is 0 Å². The fraction of sp³-hybridized carbons (Fsp3) is 0.400. The first kappa shape index (κ1) is 9.35. The van der Waals surface area contributed by atoms with Crippen molar-refractivity contribution in [2.75, 3.05) is 12.5 Å². The molecule has 5 heteroatoms. The Kier molecular flexibility index (Phi) is 4.82. The number of hydrogen-bond donors (Lipinski definition) is 0. The summed E-state index contributed by atoms with van der Waals surface area (Å²) in [6.45, 7) is 0. The molecule has 0 aliphatic carbocycles. The Balaban J connectivity index is 4.62. The zero-order valence-corrected chi connectivity index (χ0v) is 7.29. The van der Waals surface area contributed by atoms with Gasteiger partial charge >= 0.3 is 12.4 Å². The number of hydrogen-bond acceptors (Lipinski definition) is 4. The minimum Gasteiger partial charge on any atom is -0.0864 e. The molecule has 0 heterocycles. The lowest BCUT2D eigenvalue weighted by Gasteiger charge is -1.91. The van der Waals surface area contributed by atoms with E-state index in [2.05, 4.69) is 0 Å². The lowest BCUT2D eigenvalue weighted by molar-refractivity contribution is -0.331. The molecule has 0 bridgehead atoms. The molecule has 3 nitrogen and oxygen atoms in total. The maximum atomic E-state index is 8.36. The molecule has 0 rings (SSSR count). The molecule has 0 aliphatic rings. The summed E-state index contributed by atoms with van der Waals surface area (Å²) >= 11 is 2.78. The maximum absolute atomic E-state index is 8.36. The predicted molar refractivity (Wildman–Crippen MR) is 43.5 cm³/mol. The molecular weight excluding hydrogens is 166 g/mol. The Bertz CT molecular complexity index is 198. The average Bonchev–Trinajstić information content (AvgIpc) is 2.00. The van der Waals surface area contributed by atoms with Gasteiger partial charge in [-0.2, -0.15) is 0 Å². The second-order valence-electron chi connectivity index (χ2n) is 1.21. The van der Waals surface area contributed by atoms with Crippen LogP contribution in [0.25, 0.3) is 0 Å². The molecule has 0 unspecified atom stereocenters. The van der Waals surface area contributed by atoms with Gasteiger partial charge in [0.05, 0.1) is 0 Å². The van der Waals surface area contributed by atoms with Crippen molar-refractivity contribution >= 4 is 27.9 Å². The predicted octanol–water partition coefficient (Wildman–Crippen LogP) is 1.04. The van der Waals surface area contributed by atoms with Crippen molar-refractivity contribution in [1.82, 2.24) is 0 Å². The zero-order valence-electron chi connectivity index (χ0n) is 5.66. The first-order valence-corrected chi connectivity index (χ1v) is 4.79. The van der Waals surface area contributed by atoms with Crippen LogP contribution in [0.15, 0.2) is 0 Å². The van der Waals surface area contributed by atoms with E-state index in [9.17, 15) is 0 Å². The van der Waals surface area contributed by atoms with Gasteiger partial charge in [-0.3, -0.25) is 0 Å². The van der Waals surface area contributed by atoms with E-state index in [0.29, 0.717) is 4.38 Å². The summed E-state index contributed by atoms with van der Waals surface area (Å²) in [5, 5.41) is 16.7. The molecule has 0 N–H and O–H groups in total. The molecule has 0 spiro atoms. The molecule has 0 fully saturated rings. The molecule has 52 valence electrons. The van der Waals surface area contributed by atoms with Crippen molar-refractivity contribution in [1.29, 1.82) is 10.5 Å². The highest BCUT2D eigenvalue weighted by Crippen LogP contribution is 2.09. The van der Waals surface area contributed by atoms with Gasteiger partial charge in [-0.05, 0) is 12.5 Å². The van der Waals surface area contributed by atoms with Crippen molar-refractivity contribution in [3.05, 3.63) is 0 Å². The minimum absolute atomic E-state index is 0.699. The van der Waals surface area contributed by atoms with E-state index in [1.807, 2.05) is 12.5 Å². The zero-order chi connectivity index (χ0) is 7.98. The van der Waals surface area contributed by atoms with Crippen LogP contribution in [0, 0.1) is 22.9 Å². The quantitative estimate of drug-likeness (QED) is 0.180. The Labute approximate surface area is 68.3 Å². The van der Waals surface area contributed by atoms with E-state index in [1.54, 1.807) is 12.4 Å². The van der Waals surface area contributed by atoms with Crippen LogP contribution >= 0.6 is 23.5 Å². The van der Waals surface area contributed by atoms with Crippen LogP contribution in [0.2, 0.25) is 0 Å². The summed E-state index contributed by atoms with van der Waals surface area (Å²) < 4.78 is 1.68. The summed E-state index contributed by atoms with van der Waals surface area (Å²) in [6, 6.07) is 0. The largest absolute Gasteiger partial charge is 0.386 e. The van der Waals surface area contributed by atoms with Crippen LogP contribution < -0.4 is 0 Å². The number of rotatable bonds is 0. The molecule has 0 saturated carbocycles. The molecule has 0 aromatic rings. The summed E-state index contributed by atoms with van der Waals surface area (Å²) in [5.41, 5.74) is 0. The van der Waals surface area contributed by atoms with Crippen LogP contribution in [0.5, 0.6) is 0 Å². The van der Waals surface area contributed by atoms with Gasteiger partial charge in [0.2, 0.25) is 0 Å². The van der Waals surface area contributed by atoms with Crippen LogP contribution in [0.3, 0.4) is 0 Å². The van der Waals surface area contributed by atoms with Crippen molar-refractivity contribution in [3.8, 4) is 12.4 Å². The monoisotopic (exact) mass is 172 g/mol. The van der Waals surface area contributed by atoms with Gasteiger partial charge in [-0.25, -0.2) is 0 Å². The van der Waals surface area contributed by atoms with Gasteiger partial charge < -0.3 is 0 Å². The molecule has 0 amide bonds. The third-order valence-electron chi connectivity index (χ3n) is 0.732. The highest BCUT2D eigenvalue weighted by atomic mass is 32.2. The smallest absolute Gasteiger partial charge is 0.0864 e. The lowest BCUT2D eigenvalue weighted by Crippen LogP contribution is -2.03. The Morgan fingerprint density at radius 3 is 1.70 bits per heavy atom. The van der Waals surface area contributed by atoms with E-state index >= 15 is 0 Å². The number of thioether (sulfide) groups is 2. The lowest BCUT2D eigenvalue weighted by atomic mass is 11.1. The average molecular weight is 172 g/mol. The SMILES string of the molecule is CSC(SC)=[N+](C#N)C#N. The molecule has 10 heavy (non-hydrogen) atoms. The first-order valence-electron chi connectivity index (χ1n) is 2.34. The van der Waals surface area contributed by atoms with Crippen molar-refractivity contribution < 1.29 is 4.58 Å². The van der Waals surface area contributed by atoms with Gasteiger partial charge in [0.25, 0.3) is 0 Å². The Morgan fingerprint density at radius 1 is 1.20 bits per heavy atom. The van der Waals surface area contributed by atoms with E-state index in [-0.39, 0.29) is 0 Å². The molecule has 0 aliphatic heterocycles. The maximum Gasteiger partial charge on any atom is 0.386 e. The number of nitriles is 2. The van der Waals surface area contributed by atoms with Crippen molar-refractivity contribution in [2.24, 2.45) is 0 Å². The van der Waals surface area contributed by atoms with E-state index in [4.69, 9.17) is 10.5 Å². The van der Waals surface area contributed by atoms with Gasteiger partial charge in [0, 0.05) is 10.5 Å². The van der Waals surface area contributed by atoms with Gasteiger partial charge in [0.1, 0.15) is 0 Å². The van der Waals surface area contributed by atoms with Crippen LogP contribution in [-0.4, -0.2) is 21.5 Å². The third kappa shape index (κ3) is 2.30. The van der Waals surface area contributed by atoms with E-state index in [1.165, 1.54) is 23.5 Å². The van der Waals surface area contributed by atoms with Gasteiger partial charge in [-0.1, -0.05) is 28.1 Å². The minimum atomic E-state index is 0.699. The van der Waals surface area contributed by atoms with Crippen LogP contribution in [0.1, 0.15) is 0 Å². The highest BCUT2D eigenvalue weighted by molar-refractivity contribution is 8.38. The second kappa shape index (κ2) is 5.16. The molecule has 0 saturated heterocycles. The van der Waals surface area contributed by atoms with Crippen LogP contribution in [0.4, 0.5) is 0 Å². The van der Waals surface area contributed by atoms with E-state index < -0.39 is 0 Å². The van der Waals surface area contributed by atoms with Crippen LogP contribution in [-0.2, 0) is 0 Å².